The molecule has 0 atom stereocenters. The molecular weight excluding hydrogens is 366 g/mol. The van der Waals surface area contributed by atoms with Gasteiger partial charge in [-0.3, -0.25) is 9.69 Å². The standard InChI is InChI=1S/C23H33N3O3/c1-2-29-21(27)8-5-19-3-6-20(7-4-19)26-18-17-25(22(26)28)16-12-23-9-13-24(14-10-23)15-11-23/h3-4,6-7H,2,5,8-18H2,1H3. The molecule has 4 heterocycles. The van der Waals surface area contributed by atoms with E-state index in [-0.39, 0.29) is 12.0 Å². The van der Waals surface area contributed by atoms with Gasteiger partial charge in [-0.25, -0.2) is 4.79 Å². The van der Waals surface area contributed by atoms with E-state index in [1.54, 1.807) is 0 Å². The molecule has 0 unspecified atom stereocenters. The van der Waals surface area contributed by atoms with Crippen molar-refractivity contribution in [2.24, 2.45) is 5.41 Å². The van der Waals surface area contributed by atoms with E-state index in [1.807, 2.05) is 41.0 Å². The Hall–Kier alpha value is -2.08. The van der Waals surface area contributed by atoms with E-state index >= 15 is 0 Å². The quantitative estimate of drug-likeness (QED) is 0.630. The summed E-state index contributed by atoms with van der Waals surface area (Å²) in [6.45, 7) is 8.40. The maximum absolute atomic E-state index is 12.9. The number of ether oxygens (including phenoxy) is 1. The highest BCUT2D eigenvalue weighted by molar-refractivity contribution is 5.94. The molecule has 4 aliphatic heterocycles. The van der Waals surface area contributed by atoms with Gasteiger partial charge in [-0.1, -0.05) is 12.1 Å². The van der Waals surface area contributed by atoms with Crippen molar-refractivity contribution >= 4 is 17.7 Å². The third-order valence-electron chi connectivity index (χ3n) is 7.05. The zero-order chi connectivity index (χ0) is 20.3. The van der Waals surface area contributed by atoms with Crippen LogP contribution in [-0.4, -0.2) is 67.7 Å². The van der Waals surface area contributed by atoms with Crippen molar-refractivity contribution in [1.82, 2.24) is 9.80 Å². The number of hydrogen-bond donors (Lipinski definition) is 0. The molecule has 0 N–H and O–H groups in total. The van der Waals surface area contributed by atoms with Crippen LogP contribution in [0.3, 0.4) is 0 Å². The predicted molar refractivity (Wildman–Crippen MR) is 113 cm³/mol. The maximum atomic E-state index is 12.9. The number of hydrogen-bond acceptors (Lipinski definition) is 4. The van der Waals surface area contributed by atoms with E-state index in [9.17, 15) is 9.59 Å². The second kappa shape index (κ2) is 8.74. The summed E-state index contributed by atoms with van der Waals surface area (Å²) < 4.78 is 4.98. The monoisotopic (exact) mass is 399 g/mol. The minimum atomic E-state index is -0.162. The highest BCUT2D eigenvalue weighted by Crippen LogP contribution is 2.43. The molecule has 6 heteroatoms. The van der Waals surface area contributed by atoms with Gasteiger partial charge in [0.25, 0.3) is 0 Å². The van der Waals surface area contributed by atoms with Crippen molar-refractivity contribution in [2.75, 3.05) is 50.8 Å². The van der Waals surface area contributed by atoms with Gasteiger partial charge in [-0.05, 0) is 81.8 Å². The molecule has 2 amide bonds. The van der Waals surface area contributed by atoms with Gasteiger partial charge in [0.1, 0.15) is 0 Å². The molecule has 158 valence electrons. The number of anilines is 1. The molecule has 4 fully saturated rings. The van der Waals surface area contributed by atoms with Crippen LogP contribution in [-0.2, 0) is 16.0 Å². The fourth-order valence-corrected chi connectivity index (χ4v) is 5.00. The van der Waals surface area contributed by atoms with Crippen molar-refractivity contribution in [2.45, 2.75) is 45.4 Å². The Morgan fingerprint density at radius 3 is 2.38 bits per heavy atom. The predicted octanol–water partition coefficient (Wildman–Crippen LogP) is 3.30. The first kappa shape index (κ1) is 20.2. The van der Waals surface area contributed by atoms with Crippen LogP contribution >= 0.6 is 0 Å². The second-order valence-corrected chi connectivity index (χ2v) is 8.73. The Balaban J connectivity index is 1.28. The third-order valence-corrected chi connectivity index (χ3v) is 7.05. The minimum Gasteiger partial charge on any atom is -0.466 e. The van der Waals surface area contributed by atoms with Gasteiger partial charge in [0.2, 0.25) is 0 Å². The van der Waals surface area contributed by atoms with Gasteiger partial charge >= 0.3 is 12.0 Å². The Morgan fingerprint density at radius 1 is 1.03 bits per heavy atom. The van der Waals surface area contributed by atoms with E-state index in [2.05, 4.69) is 4.90 Å². The van der Waals surface area contributed by atoms with Crippen LogP contribution in [0, 0.1) is 5.41 Å². The Labute approximate surface area is 173 Å². The summed E-state index contributed by atoms with van der Waals surface area (Å²) >= 11 is 0. The summed E-state index contributed by atoms with van der Waals surface area (Å²) in [5.74, 6) is -0.162. The molecule has 4 aliphatic rings. The number of nitrogens with zero attached hydrogens (tertiary/aromatic N) is 3. The van der Waals surface area contributed by atoms with E-state index in [4.69, 9.17) is 4.74 Å². The fraction of sp³-hybridized carbons (Fsp3) is 0.652. The summed E-state index contributed by atoms with van der Waals surface area (Å²) in [6, 6.07) is 8.15. The molecular formula is C23H33N3O3. The van der Waals surface area contributed by atoms with Gasteiger partial charge in [0, 0.05) is 31.7 Å². The van der Waals surface area contributed by atoms with Gasteiger partial charge in [0.05, 0.1) is 6.61 Å². The molecule has 29 heavy (non-hydrogen) atoms. The van der Waals surface area contributed by atoms with Crippen molar-refractivity contribution in [3.63, 3.8) is 0 Å². The molecule has 5 rings (SSSR count). The molecule has 1 aromatic rings. The normalized spacial score (nSPS) is 26.2. The van der Waals surface area contributed by atoms with Crippen LogP contribution in [0.25, 0.3) is 0 Å². The zero-order valence-corrected chi connectivity index (χ0v) is 17.6. The maximum Gasteiger partial charge on any atom is 0.324 e. The van der Waals surface area contributed by atoms with Crippen molar-refractivity contribution in [3.05, 3.63) is 29.8 Å². The van der Waals surface area contributed by atoms with E-state index in [0.717, 1.165) is 37.3 Å². The van der Waals surface area contributed by atoms with Crippen LogP contribution in [0.5, 0.6) is 0 Å². The van der Waals surface area contributed by atoms with E-state index in [1.165, 1.54) is 38.9 Å². The second-order valence-electron chi connectivity index (χ2n) is 8.73. The van der Waals surface area contributed by atoms with Crippen LogP contribution in [0.1, 0.15) is 44.6 Å². The van der Waals surface area contributed by atoms with Crippen LogP contribution in [0.15, 0.2) is 24.3 Å². The Morgan fingerprint density at radius 2 is 1.72 bits per heavy atom. The SMILES string of the molecule is CCOC(=O)CCc1ccc(N2CCN(CCC34CCN(CC3)CC4)C2=O)cc1. The molecule has 0 radical (unpaired) electrons. The number of piperidine rings is 3. The molecule has 0 spiro atoms. The molecule has 0 aliphatic carbocycles. The third kappa shape index (κ3) is 4.58. The first-order chi connectivity index (χ1) is 14.1. The summed E-state index contributed by atoms with van der Waals surface area (Å²) in [7, 11) is 0. The van der Waals surface area contributed by atoms with Gasteiger partial charge < -0.3 is 14.5 Å². The largest absolute Gasteiger partial charge is 0.466 e. The van der Waals surface area contributed by atoms with Crippen LogP contribution in [0.2, 0.25) is 0 Å². The molecule has 1 aromatic carbocycles. The molecule has 0 aromatic heterocycles. The summed E-state index contributed by atoms with van der Waals surface area (Å²) in [6.07, 6.45) is 6.10. The minimum absolute atomic E-state index is 0.133. The lowest BCUT2D eigenvalue weighted by Gasteiger charge is -2.49. The topological polar surface area (TPSA) is 53.1 Å². The lowest BCUT2D eigenvalue weighted by molar-refractivity contribution is -0.143. The first-order valence-electron chi connectivity index (χ1n) is 11.1. The number of carbonyl (C=O) groups is 2. The summed E-state index contributed by atoms with van der Waals surface area (Å²) in [5.41, 5.74) is 2.51. The van der Waals surface area contributed by atoms with Crippen molar-refractivity contribution < 1.29 is 14.3 Å². The number of carbonyl (C=O) groups excluding carboxylic acids is 2. The Kier molecular flexibility index (Phi) is 6.09. The van der Waals surface area contributed by atoms with E-state index in [0.29, 0.717) is 24.9 Å². The zero-order valence-electron chi connectivity index (χ0n) is 17.6. The van der Waals surface area contributed by atoms with Crippen LogP contribution < -0.4 is 4.90 Å². The molecule has 0 saturated carbocycles. The number of aryl methyl sites for hydroxylation is 1. The van der Waals surface area contributed by atoms with Gasteiger partial charge in [-0.15, -0.1) is 0 Å². The number of esters is 1. The average Bonchev–Trinajstić information content (AvgIpc) is 3.13. The number of rotatable bonds is 8. The lowest BCUT2D eigenvalue weighted by Crippen LogP contribution is -2.49. The lowest BCUT2D eigenvalue weighted by atomic mass is 9.70. The fourth-order valence-electron chi connectivity index (χ4n) is 5.00. The van der Waals surface area contributed by atoms with Gasteiger partial charge in [0.15, 0.2) is 0 Å². The molecule has 6 nitrogen and oxygen atoms in total. The number of amides is 2. The van der Waals surface area contributed by atoms with E-state index < -0.39 is 0 Å². The summed E-state index contributed by atoms with van der Waals surface area (Å²) in [5, 5.41) is 0. The molecule has 2 bridgehead atoms. The number of urea groups is 1. The highest BCUT2D eigenvalue weighted by atomic mass is 16.5. The number of benzene rings is 1. The van der Waals surface area contributed by atoms with Crippen LogP contribution in [0.4, 0.5) is 10.5 Å². The Bertz CT molecular complexity index is 712. The van der Waals surface area contributed by atoms with Gasteiger partial charge in [-0.2, -0.15) is 0 Å². The highest BCUT2D eigenvalue weighted by Gasteiger charge is 2.40. The van der Waals surface area contributed by atoms with Crippen molar-refractivity contribution in [1.29, 1.82) is 0 Å². The summed E-state index contributed by atoms with van der Waals surface area (Å²) in [4.78, 5) is 30.9. The average molecular weight is 400 g/mol. The first-order valence-corrected chi connectivity index (χ1v) is 11.1. The molecule has 4 saturated heterocycles. The van der Waals surface area contributed by atoms with Crippen molar-refractivity contribution in [3.8, 4) is 0 Å². The smallest absolute Gasteiger partial charge is 0.324 e. The number of fused-ring (bicyclic) bond motifs is 3.